The topological polar surface area (TPSA) is 35.5 Å². The van der Waals surface area contributed by atoms with E-state index in [-0.39, 0.29) is 17.4 Å². The highest BCUT2D eigenvalue weighted by Crippen LogP contribution is 2.33. The number of benzene rings is 3. The largest absolute Gasteiger partial charge is 0.482 e. The van der Waals surface area contributed by atoms with Crippen molar-refractivity contribution in [2.24, 2.45) is 0 Å². The number of carbonyl (C=O) groups is 1. The SMILES string of the molecule is CC(C)(C)c1ccccc1OC(=O)COc1ccc(C(C)(C)c2ccccc2)cc1. The Morgan fingerprint density at radius 2 is 1.30 bits per heavy atom. The summed E-state index contributed by atoms with van der Waals surface area (Å²) in [5, 5.41) is 0. The molecule has 0 fully saturated rings. The van der Waals surface area contributed by atoms with E-state index >= 15 is 0 Å². The number of rotatable bonds is 6. The fourth-order valence-electron chi connectivity index (χ4n) is 3.46. The van der Waals surface area contributed by atoms with Crippen LogP contribution in [0.25, 0.3) is 0 Å². The predicted molar refractivity (Wildman–Crippen MR) is 121 cm³/mol. The monoisotopic (exact) mass is 402 g/mol. The maximum absolute atomic E-state index is 12.3. The molecule has 0 N–H and O–H groups in total. The summed E-state index contributed by atoms with van der Waals surface area (Å²) in [5.41, 5.74) is 3.20. The quantitative estimate of drug-likeness (QED) is 0.359. The molecule has 0 spiro atoms. The Morgan fingerprint density at radius 1 is 0.733 bits per heavy atom. The minimum atomic E-state index is -0.416. The first kappa shape index (κ1) is 21.6. The Balaban J connectivity index is 1.63. The molecular formula is C27H30O3. The lowest BCUT2D eigenvalue weighted by Gasteiger charge is -2.26. The maximum Gasteiger partial charge on any atom is 0.349 e. The number of hydrogen-bond donors (Lipinski definition) is 0. The molecule has 0 aliphatic heterocycles. The molecule has 30 heavy (non-hydrogen) atoms. The Labute approximate surface area is 179 Å². The van der Waals surface area contributed by atoms with Crippen LogP contribution in [0, 0.1) is 0 Å². The summed E-state index contributed by atoms with van der Waals surface area (Å²) in [4.78, 5) is 12.3. The minimum absolute atomic E-state index is 0.112. The molecule has 0 aliphatic carbocycles. The molecule has 0 unspecified atom stereocenters. The van der Waals surface area contributed by atoms with Crippen LogP contribution in [0.15, 0.2) is 78.9 Å². The summed E-state index contributed by atoms with van der Waals surface area (Å²) in [5.74, 6) is 0.808. The second-order valence-corrected chi connectivity index (χ2v) is 9.02. The maximum atomic E-state index is 12.3. The Morgan fingerprint density at radius 3 is 1.93 bits per heavy atom. The van der Waals surface area contributed by atoms with Gasteiger partial charge in [0.05, 0.1) is 0 Å². The van der Waals surface area contributed by atoms with Crippen molar-refractivity contribution in [3.05, 3.63) is 95.6 Å². The van der Waals surface area contributed by atoms with Crippen LogP contribution in [-0.2, 0) is 15.6 Å². The molecule has 0 aromatic heterocycles. The number of hydrogen-bond acceptors (Lipinski definition) is 3. The lowest BCUT2D eigenvalue weighted by atomic mass is 9.78. The van der Waals surface area contributed by atoms with Gasteiger partial charge in [-0.15, -0.1) is 0 Å². The summed E-state index contributed by atoms with van der Waals surface area (Å²) < 4.78 is 11.2. The molecule has 0 saturated heterocycles. The number of para-hydroxylation sites is 1. The molecule has 0 aliphatic rings. The van der Waals surface area contributed by atoms with E-state index in [2.05, 4.69) is 58.9 Å². The zero-order chi connectivity index (χ0) is 21.8. The van der Waals surface area contributed by atoms with Crippen molar-refractivity contribution in [2.45, 2.75) is 45.4 Å². The second kappa shape index (κ2) is 8.74. The van der Waals surface area contributed by atoms with Crippen molar-refractivity contribution in [2.75, 3.05) is 6.61 Å². The van der Waals surface area contributed by atoms with Crippen molar-refractivity contribution < 1.29 is 14.3 Å². The van der Waals surface area contributed by atoms with E-state index in [1.54, 1.807) is 0 Å². The Bertz CT molecular complexity index is 981. The summed E-state index contributed by atoms with van der Waals surface area (Å²) >= 11 is 0. The molecule has 0 saturated carbocycles. The van der Waals surface area contributed by atoms with Crippen molar-refractivity contribution in [3.63, 3.8) is 0 Å². The van der Waals surface area contributed by atoms with Crippen LogP contribution in [0.1, 0.15) is 51.3 Å². The highest BCUT2D eigenvalue weighted by Gasteiger charge is 2.23. The number of esters is 1. The first-order valence-corrected chi connectivity index (χ1v) is 10.3. The standard InChI is InChI=1S/C27H30O3/c1-26(2,3)23-13-9-10-14-24(23)30-25(28)19-29-22-17-15-21(16-18-22)27(4,5)20-11-7-6-8-12-20/h6-18H,19H2,1-5H3. The van der Waals surface area contributed by atoms with Crippen LogP contribution in [0.5, 0.6) is 11.5 Å². The van der Waals surface area contributed by atoms with Gasteiger partial charge < -0.3 is 9.47 Å². The molecule has 0 atom stereocenters. The van der Waals surface area contributed by atoms with E-state index in [0.717, 1.165) is 5.56 Å². The van der Waals surface area contributed by atoms with Crippen LogP contribution in [-0.4, -0.2) is 12.6 Å². The van der Waals surface area contributed by atoms with E-state index in [4.69, 9.17) is 9.47 Å². The minimum Gasteiger partial charge on any atom is -0.482 e. The van der Waals surface area contributed by atoms with Gasteiger partial charge in [0.2, 0.25) is 0 Å². The average molecular weight is 403 g/mol. The van der Waals surface area contributed by atoms with Gasteiger partial charge in [-0.1, -0.05) is 95.3 Å². The van der Waals surface area contributed by atoms with Crippen molar-refractivity contribution in [1.29, 1.82) is 0 Å². The van der Waals surface area contributed by atoms with Gasteiger partial charge in [-0.3, -0.25) is 0 Å². The zero-order valence-electron chi connectivity index (χ0n) is 18.4. The van der Waals surface area contributed by atoms with Gasteiger partial charge in [0, 0.05) is 11.0 Å². The Hall–Kier alpha value is -3.07. The second-order valence-electron chi connectivity index (χ2n) is 9.02. The first-order chi connectivity index (χ1) is 14.2. The predicted octanol–water partition coefficient (Wildman–Crippen LogP) is 6.29. The van der Waals surface area contributed by atoms with E-state index in [9.17, 15) is 4.79 Å². The highest BCUT2D eigenvalue weighted by atomic mass is 16.6. The molecule has 0 heterocycles. The zero-order valence-corrected chi connectivity index (χ0v) is 18.4. The van der Waals surface area contributed by atoms with Gasteiger partial charge in [-0.05, 0) is 34.7 Å². The van der Waals surface area contributed by atoms with Gasteiger partial charge in [0.1, 0.15) is 11.5 Å². The van der Waals surface area contributed by atoms with Gasteiger partial charge in [-0.25, -0.2) is 4.79 Å². The van der Waals surface area contributed by atoms with Crippen molar-refractivity contribution in [3.8, 4) is 11.5 Å². The summed E-state index contributed by atoms with van der Waals surface area (Å²) in [7, 11) is 0. The normalized spacial score (nSPS) is 11.8. The van der Waals surface area contributed by atoms with Crippen molar-refractivity contribution in [1.82, 2.24) is 0 Å². The molecule has 3 nitrogen and oxygen atoms in total. The van der Waals surface area contributed by atoms with Crippen LogP contribution >= 0.6 is 0 Å². The fraction of sp³-hybridized carbons (Fsp3) is 0.296. The molecule has 3 aromatic carbocycles. The summed E-state index contributed by atoms with van der Waals surface area (Å²) in [6.07, 6.45) is 0. The van der Waals surface area contributed by atoms with Crippen molar-refractivity contribution >= 4 is 5.97 Å². The lowest BCUT2D eigenvalue weighted by Crippen LogP contribution is -2.21. The highest BCUT2D eigenvalue weighted by molar-refractivity contribution is 5.74. The molecule has 156 valence electrons. The van der Waals surface area contributed by atoms with E-state index < -0.39 is 5.97 Å². The average Bonchev–Trinajstić information content (AvgIpc) is 2.73. The van der Waals surface area contributed by atoms with Crippen LogP contribution in [0.3, 0.4) is 0 Å². The van der Waals surface area contributed by atoms with E-state index in [0.29, 0.717) is 11.5 Å². The molecule has 3 aromatic rings. The third-order valence-electron chi connectivity index (χ3n) is 5.35. The molecule has 3 heteroatoms. The van der Waals surface area contributed by atoms with E-state index in [1.807, 2.05) is 54.6 Å². The number of ether oxygens (including phenoxy) is 2. The molecule has 0 amide bonds. The molecule has 3 rings (SSSR count). The molecular weight excluding hydrogens is 372 g/mol. The van der Waals surface area contributed by atoms with Crippen LogP contribution in [0.4, 0.5) is 0 Å². The first-order valence-electron chi connectivity index (χ1n) is 10.3. The lowest BCUT2D eigenvalue weighted by molar-refractivity contribution is -0.136. The third-order valence-corrected chi connectivity index (χ3v) is 5.35. The van der Waals surface area contributed by atoms with Gasteiger partial charge in [0.15, 0.2) is 6.61 Å². The smallest absolute Gasteiger partial charge is 0.349 e. The number of carbonyl (C=O) groups excluding carboxylic acids is 1. The Kier molecular flexibility index (Phi) is 6.31. The van der Waals surface area contributed by atoms with Gasteiger partial charge in [-0.2, -0.15) is 0 Å². The molecule has 0 radical (unpaired) electrons. The summed E-state index contributed by atoms with van der Waals surface area (Å²) in [6.45, 7) is 10.5. The van der Waals surface area contributed by atoms with Gasteiger partial charge in [0.25, 0.3) is 0 Å². The third kappa shape index (κ3) is 5.10. The van der Waals surface area contributed by atoms with Gasteiger partial charge >= 0.3 is 5.97 Å². The van der Waals surface area contributed by atoms with E-state index in [1.165, 1.54) is 11.1 Å². The fourth-order valence-corrected chi connectivity index (χ4v) is 3.46. The van der Waals surface area contributed by atoms with Crippen LogP contribution in [0.2, 0.25) is 0 Å². The summed E-state index contributed by atoms with van der Waals surface area (Å²) in [6, 6.07) is 25.9. The van der Waals surface area contributed by atoms with Crippen LogP contribution < -0.4 is 9.47 Å². The molecule has 0 bridgehead atoms.